The van der Waals surface area contributed by atoms with Gasteiger partial charge in [-0.15, -0.1) is 0 Å². The van der Waals surface area contributed by atoms with Crippen LogP contribution in [0.15, 0.2) is 41.8 Å². The smallest absolute Gasteiger partial charge is 0.335 e. The van der Waals surface area contributed by atoms with Gasteiger partial charge < -0.3 is 9.67 Å². The van der Waals surface area contributed by atoms with Gasteiger partial charge in [0, 0.05) is 25.2 Å². The maximum Gasteiger partial charge on any atom is 0.335 e. The van der Waals surface area contributed by atoms with E-state index in [9.17, 15) is 4.79 Å². The molecule has 0 aliphatic heterocycles. The van der Waals surface area contributed by atoms with Crippen LogP contribution in [0.1, 0.15) is 15.9 Å². The van der Waals surface area contributed by atoms with Crippen molar-refractivity contribution in [3.05, 3.63) is 47.8 Å². The molecule has 5 heteroatoms. The van der Waals surface area contributed by atoms with Crippen molar-refractivity contribution in [3.63, 3.8) is 0 Å². The van der Waals surface area contributed by atoms with Crippen molar-refractivity contribution in [1.82, 2.24) is 9.55 Å². The predicted molar refractivity (Wildman–Crippen MR) is 66.2 cm³/mol. The van der Waals surface area contributed by atoms with Crippen molar-refractivity contribution >= 4 is 17.7 Å². The van der Waals surface area contributed by atoms with Crippen LogP contribution in [0.5, 0.6) is 0 Å². The summed E-state index contributed by atoms with van der Waals surface area (Å²) in [4.78, 5) is 15.2. The van der Waals surface area contributed by atoms with Gasteiger partial charge in [0.05, 0.1) is 5.56 Å². The van der Waals surface area contributed by atoms with E-state index < -0.39 is 5.97 Å². The minimum atomic E-state index is -0.888. The summed E-state index contributed by atoms with van der Waals surface area (Å²) in [6, 6.07) is 7.04. The average Bonchev–Trinajstić information content (AvgIpc) is 2.72. The lowest BCUT2D eigenvalue weighted by Crippen LogP contribution is -2.01. The Hall–Kier alpha value is -1.75. The van der Waals surface area contributed by atoms with Crippen LogP contribution in [0.3, 0.4) is 0 Å². The number of nitrogens with zero attached hydrogens (tertiary/aromatic N) is 2. The molecular formula is C12H12N2O2S. The lowest BCUT2D eigenvalue weighted by atomic mass is 10.1. The van der Waals surface area contributed by atoms with Crippen LogP contribution in [0.4, 0.5) is 0 Å². The molecule has 0 aliphatic rings. The van der Waals surface area contributed by atoms with Gasteiger partial charge in [0.2, 0.25) is 0 Å². The largest absolute Gasteiger partial charge is 0.478 e. The summed E-state index contributed by atoms with van der Waals surface area (Å²) >= 11 is 1.53. The highest BCUT2D eigenvalue weighted by Crippen LogP contribution is 2.22. The molecule has 1 aromatic heterocycles. The molecular weight excluding hydrogens is 236 g/mol. The molecule has 1 aromatic carbocycles. The second kappa shape index (κ2) is 5.05. The Kier molecular flexibility index (Phi) is 3.49. The second-order valence-electron chi connectivity index (χ2n) is 3.57. The SMILES string of the molecule is Cn1ccnc1SCc1ccccc1C(=O)O. The maximum atomic E-state index is 11.0. The first-order valence-electron chi connectivity index (χ1n) is 5.10. The number of rotatable bonds is 4. The Morgan fingerprint density at radius 1 is 1.47 bits per heavy atom. The molecule has 0 radical (unpaired) electrons. The second-order valence-corrected chi connectivity index (χ2v) is 4.51. The van der Waals surface area contributed by atoms with Gasteiger partial charge in [0.25, 0.3) is 0 Å². The van der Waals surface area contributed by atoms with E-state index in [2.05, 4.69) is 4.98 Å². The maximum absolute atomic E-state index is 11.0. The Bertz CT molecular complexity index is 537. The number of aromatic carboxylic acids is 1. The van der Waals surface area contributed by atoms with Crippen LogP contribution in [-0.2, 0) is 12.8 Å². The molecule has 0 unspecified atom stereocenters. The van der Waals surface area contributed by atoms with Crippen molar-refractivity contribution in [2.24, 2.45) is 7.05 Å². The summed E-state index contributed by atoms with van der Waals surface area (Å²) in [7, 11) is 1.92. The molecule has 0 aliphatic carbocycles. The van der Waals surface area contributed by atoms with Crippen LogP contribution < -0.4 is 0 Å². The molecule has 0 bridgehead atoms. The minimum absolute atomic E-state index is 0.356. The normalized spacial score (nSPS) is 10.4. The summed E-state index contributed by atoms with van der Waals surface area (Å²) in [6.07, 6.45) is 3.59. The fraction of sp³-hybridized carbons (Fsp3) is 0.167. The molecule has 4 nitrogen and oxygen atoms in total. The number of carbonyl (C=O) groups is 1. The molecule has 1 heterocycles. The lowest BCUT2D eigenvalue weighted by Gasteiger charge is -2.05. The van der Waals surface area contributed by atoms with Crippen LogP contribution in [-0.4, -0.2) is 20.6 Å². The minimum Gasteiger partial charge on any atom is -0.478 e. The zero-order chi connectivity index (χ0) is 12.3. The number of hydrogen-bond donors (Lipinski definition) is 1. The highest BCUT2D eigenvalue weighted by atomic mass is 32.2. The third kappa shape index (κ3) is 2.68. The zero-order valence-corrected chi connectivity index (χ0v) is 10.1. The van der Waals surface area contributed by atoms with Crippen molar-refractivity contribution < 1.29 is 9.90 Å². The van der Waals surface area contributed by atoms with Gasteiger partial charge in [-0.1, -0.05) is 30.0 Å². The zero-order valence-electron chi connectivity index (χ0n) is 9.33. The lowest BCUT2D eigenvalue weighted by molar-refractivity contribution is 0.0696. The van der Waals surface area contributed by atoms with Crippen LogP contribution in [0.25, 0.3) is 0 Å². The number of imidazole rings is 1. The number of aryl methyl sites for hydroxylation is 1. The Balaban J connectivity index is 2.14. The number of carboxylic acid groups (broad SMARTS) is 1. The van der Waals surface area contributed by atoms with Gasteiger partial charge in [-0.2, -0.15) is 0 Å². The highest BCUT2D eigenvalue weighted by Gasteiger charge is 2.10. The topological polar surface area (TPSA) is 55.1 Å². The number of aromatic nitrogens is 2. The van der Waals surface area contributed by atoms with E-state index in [1.54, 1.807) is 18.3 Å². The number of benzene rings is 1. The van der Waals surface area contributed by atoms with Gasteiger partial charge in [-0.05, 0) is 11.6 Å². The Morgan fingerprint density at radius 2 is 2.24 bits per heavy atom. The van der Waals surface area contributed by atoms with Gasteiger partial charge in [0.15, 0.2) is 5.16 Å². The van der Waals surface area contributed by atoms with E-state index in [4.69, 9.17) is 5.11 Å². The molecule has 0 spiro atoms. The standard InChI is InChI=1S/C12H12N2O2S/c1-14-7-6-13-12(14)17-8-9-4-2-3-5-10(9)11(15)16/h2-7H,8H2,1H3,(H,15,16). The Labute approximate surface area is 103 Å². The summed E-state index contributed by atoms with van der Waals surface area (Å²) in [6.45, 7) is 0. The van der Waals surface area contributed by atoms with Crippen LogP contribution >= 0.6 is 11.8 Å². The molecule has 0 atom stereocenters. The monoisotopic (exact) mass is 248 g/mol. The van der Waals surface area contributed by atoms with Crippen LogP contribution in [0, 0.1) is 0 Å². The van der Waals surface area contributed by atoms with Crippen LogP contribution in [0.2, 0.25) is 0 Å². The third-order valence-corrected chi connectivity index (χ3v) is 3.49. The molecule has 1 N–H and O–H groups in total. The Morgan fingerprint density at radius 3 is 2.88 bits per heavy atom. The van der Waals surface area contributed by atoms with Crippen molar-refractivity contribution in [2.45, 2.75) is 10.9 Å². The van der Waals surface area contributed by atoms with Gasteiger partial charge in [0.1, 0.15) is 0 Å². The van der Waals surface area contributed by atoms with Crippen molar-refractivity contribution in [1.29, 1.82) is 0 Å². The molecule has 88 valence electrons. The summed E-state index contributed by atoms with van der Waals surface area (Å²) in [5.74, 6) is -0.283. The predicted octanol–water partition coefficient (Wildman–Crippen LogP) is 2.41. The molecule has 0 amide bonds. The van der Waals surface area contributed by atoms with Gasteiger partial charge >= 0.3 is 5.97 Å². The molecule has 2 aromatic rings. The average molecular weight is 248 g/mol. The number of hydrogen-bond acceptors (Lipinski definition) is 3. The molecule has 17 heavy (non-hydrogen) atoms. The number of thioether (sulfide) groups is 1. The fourth-order valence-electron chi connectivity index (χ4n) is 1.49. The number of carboxylic acids is 1. The first-order chi connectivity index (χ1) is 8.18. The van der Waals surface area contributed by atoms with E-state index in [1.165, 1.54) is 11.8 Å². The molecule has 0 fully saturated rings. The summed E-state index contributed by atoms with van der Waals surface area (Å²) < 4.78 is 1.91. The van der Waals surface area contributed by atoms with Gasteiger partial charge in [-0.25, -0.2) is 9.78 Å². The molecule has 2 rings (SSSR count). The fourth-order valence-corrected chi connectivity index (χ4v) is 2.42. The first-order valence-corrected chi connectivity index (χ1v) is 6.08. The van der Waals surface area contributed by atoms with Crippen molar-refractivity contribution in [2.75, 3.05) is 0 Å². The quantitative estimate of drug-likeness (QED) is 0.844. The summed E-state index contributed by atoms with van der Waals surface area (Å²) in [5.41, 5.74) is 1.17. The molecule has 0 saturated carbocycles. The van der Waals surface area contributed by atoms with E-state index >= 15 is 0 Å². The van der Waals surface area contributed by atoms with Gasteiger partial charge in [-0.3, -0.25) is 0 Å². The first kappa shape index (κ1) is 11.7. The van der Waals surface area contributed by atoms with E-state index in [-0.39, 0.29) is 0 Å². The van der Waals surface area contributed by atoms with E-state index in [0.29, 0.717) is 11.3 Å². The van der Waals surface area contributed by atoms with E-state index in [0.717, 1.165) is 10.7 Å². The molecule has 0 saturated heterocycles. The summed E-state index contributed by atoms with van der Waals surface area (Å²) in [5, 5.41) is 9.93. The third-order valence-electron chi connectivity index (χ3n) is 2.38. The van der Waals surface area contributed by atoms with E-state index in [1.807, 2.05) is 29.9 Å². The van der Waals surface area contributed by atoms with Crippen molar-refractivity contribution in [3.8, 4) is 0 Å². The highest BCUT2D eigenvalue weighted by molar-refractivity contribution is 7.98.